The molecular formula is C17H31N3O3. The molecule has 2 aliphatic heterocycles. The molecular weight excluding hydrogens is 294 g/mol. The molecule has 2 heterocycles. The van der Waals surface area contributed by atoms with Crippen LogP contribution in [0, 0.1) is 5.92 Å². The number of piperazine rings is 1. The fraction of sp³-hybridized carbons (Fsp3) is 0.882. The van der Waals surface area contributed by atoms with Gasteiger partial charge in [0.15, 0.2) is 0 Å². The van der Waals surface area contributed by atoms with E-state index in [0.29, 0.717) is 18.9 Å². The van der Waals surface area contributed by atoms with Crippen molar-refractivity contribution in [1.82, 2.24) is 15.1 Å². The minimum absolute atomic E-state index is 0.0524. The Morgan fingerprint density at radius 2 is 1.87 bits per heavy atom. The van der Waals surface area contributed by atoms with E-state index < -0.39 is 0 Å². The molecule has 2 aliphatic rings. The lowest BCUT2D eigenvalue weighted by molar-refractivity contribution is -0.135. The molecule has 2 fully saturated rings. The first-order chi connectivity index (χ1) is 10.8. The van der Waals surface area contributed by atoms with Crippen molar-refractivity contribution in [3.63, 3.8) is 0 Å². The summed E-state index contributed by atoms with van der Waals surface area (Å²) in [6.07, 6.45) is 2.76. The summed E-state index contributed by atoms with van der Waals surface area (Å²) in [4.78, 5) is 28.4. The summed E-state index contributed by atoms with van der Waals surface area (Å²) in [6, 6.07) is 0. The number of hydrogen-bond donors (Lipinski definition) is 1. The molecule has 6 heteroatoms. The van der Waals surface area contributed by atoms with Gasteiger partial charge in [-0.1, -0.05) is 0 Å². The number of rotatable bonds is 4. The number of carbonyl (C=O) groups is 2. The normalized spacial score (nSPS) is 23.6. The van der Waals surface area contributed by atoms with Gasteiger partial charge in [-0.3, -0.25) is 14.5 Å². The summed E-state index contributed by atoms with van der Waals surface area (Å²) in [5.74, 6) is 0.669. The number of nitrogens with zero attached hydrogens (tertiary/aromatic N) is 2. The molecule has 0 spiro atoms. The average molecular weight is 325 g/mol. The molecule has 0 saturated carbocycles. The van der Waals surface area contributed by atoms with Crippen molar-refractivity contribution in [2.75, 3.05) is 45.9 Å². The SMILES string of the molecule is CC(C)(C)NC(=O)CN1CCN(C(=O)CC2CCCOC2)CC1. The average Bonchev–Trinajstić information content (AvgIpc) is 2.47. The van der Waals surface area contributed by atoms with Gasteiger partial charge >= 0.3 is 0 Å². The smallest absolute Gasteiger partial charge is 0.234 e. The maximum absolute atomic E-state index is 12.4. The molecule has 2 saturated heterocycles. The van der Waals surface area contributed by atoms with E-state index >= 15 is 0 Å². The number of amides is 2. The minimum Gasteiger partial charge on any atom is -0.381 e. The van der Waals surface area contributed by atoms with Crippen molar-refractivity contribution in [3.05, 3.63) is 0 Å². The molecule has 0 aromatic heterocycles. The Bertz CT molecular complexity index is 406. The first kappa shape index (κ1) is 18.2. The predicted molar refractivity (Wildman–Crippen MR) is 89.1 cm³/mol. The first-order valence-electron chi connectivity index (χ1n) is 8.72. The van der Waals surface area contributed by atoms with E-state index in [9.17, 15) is 9.59 Å². The van der Waals surface area contributed by atoms with E-state index in [-0.39, 0.29) is 17.4 Å². The van der Waals surface area contributed by atoms with E-state index in [1.54, 1.807) is 0 Å². The largest absolute Gasteiger partial charge is 0.381 e. The second-order valence-corrected chi connectivity index (χ2v) is 7.74. The van der Waals surface area contributed by atoms with Crippen molar-refractivity contribution in [2.45, 2.75) is 45.6 Å². The maximum atomic E-state index is 12.4. The van der Waals surface area contributed by atoms with Crippen molar-refractivity contribution < 1.29 is 14.3 Å². The lowest BCUT2D eigenvalue weighted by Crippen LogP contribution is -2.53. The number of carbonyl (C=O) groups excluding carboxylic acids is 2. The molecule has 0 aromatic rings. The fourth-order valence-electron chi connectivity index (χ4n) is 3.16. The molecule has 0 aliphatic carbocycles. The number of hydrogen-bond acceptors (Lipinski definition) is 4. The summed E-state index contributed by atoms with van der Waals surface area (Å²) in [7, 11) is 0. The highest BCUT2D eigenvalue weighted by atomic mass is 16.5. The van der Waals surface area contributed by atoms with E-state index in [1.165, 1.54) is 0 Å². The minimum atomic E-state index is -0.197. The first-order valence-corrected chi connectivity index (χ1v) is 8.72. The summed E-state index contributed by atoms with van der Waals surface area (Å²) in [5, 5.41) is 2.98. The summed E-state index contributed by atoms with van der Waals surface area (Å²) in [5.41, 5.74) is -0.197. The summed E-state index contributed by atoms with van der Waals surface area (Å²) < 4.78 is 5.45. The summed E-state index contributed by atoms with van der Waals surface area (Å²) >= 11 is 0. The standard InChI is InChI=1S/C17H31N3O3/c1-17(2,3)18-15(21)12-19-6-8-20(9-7-19)16(22)11-14-5-4-10-23-13-14/h14H,4-13H2,1-3H3,(H,18,21). The molecule has 1 atom stereocenters. The number of nitrogens with one attached hydrogen (secondary N) is 1. The molecule has 6 nitrogen and oxygen atoms in total. The predicted octanol–water partition coefficient (Wildman–Crippen LogP) is 0.862. The third-order valence-corrected chi connectivity index (χ3v) is 4.32. The molecule has 0 bridgehead atoms. The van der Waals surface area contributed by atoms with Crippen LogP contribution in [0.3, 0.4) is 0 Å². The van der Waals surface area contributed by atoms with Crippen LogP contribution < -0.4 is 5.32 Å². The van der Waals surface area contributed by atoms with Crippen LogP contribution in [0.1, 0.15) is 40.0 Å². The molecule has 1 N–H and O–H groups in total. The van der Waals surface area contributed by atoms with Crippen LogP contribution in [-0.4, -0.2) is 73.1 Å². The highest BCUT2D eigenvalue weighted by Gasteiger charge is 2.26. The van der Waals surface area contributed by atoms with Gasteiger partial charge < -0.3 is 15.0 Å². The van der Waals surface area contributed by atoms with Crippen LogP contribution in [0.5, 0.6) is 0 Å². The fourth-order valence-corrected chi connectivity index (χ4v) is 3.16. The van der Waals surface area contributed by atoms with E-state index in [0.717, 1.165) is 52.2 Å². The molecule has 2 amide bonds. The van der Waals surface area contributed by atoms with Crippen molar-refractivity contribution in [2.24, 2.45) is 5.92 Å². The van der Waals surface area contributed by atoms with Crippen LogP contribution in [0.15, 0.2) is 0 Å². The Morgan fingerprint density at radius 3 is 2.43 bits per heavy atom. The number of ether oxygens (including phenoxy) is 1. The Balaban J connectivity index is 1.68. The lowest BCUT2D eigenvalue weighted by atomic mass is 9.98. The topological polar surface area (TPSA) is 61.9 Å². The van der Waals surface area contributed by atoms with Crippen molar-refractivity contribution in [3.8, 4) is 0 Å². The molecule has 0 radical (unpaired) electrons. The van der Waals surface area contributed by atoms with Gasteiger partial charge in [-0.2, -0.15) is 0 Å². The zero-order valence-electron chi connectivity index (χ0n) is 14.8. The van der Waals surface area contributed by atoms with Crippen molar-refractivity contribution >= 4 is 11.8 Å². The highest BCUT2D eigenvalue weighted by Crippen LogP contribution is 2.18. The molecule has 132 valence electrons. The van der Waals surface area contributed by atoms with Crippen LogP contribution in [0.2, 0.25) is 0 Å². The maximum Gasteiger partial charge on any atom is 0.234 e. The van der Waals surface area contributed by atoms with Crippen LogP contribution >= 0.6 is 0 Å². The van der Waals surface area contributed by atoms with Crippen LogP contribution in [0.4, 0.5) is 0 Å². The Labute approximate surface area is 139 Å². The van der Waals surface area contributed by atoms with Gasteiger partial charge in [-0.25, -0.2) is 0 Å². The molecule has 2 rings (SSSR count). The van der Waals surface area contributed by atoms with E-state index in [2.05, 4.69) is 10.2 Å². The van der Waals surface area contributed by atoms with Gasteiger partial charge in [-0.15, -0.1) is 0 Å². The molecule has 0 aromatic carbocycles. The zero-order valence-corrected chi connectivity index (χ0v) is 14.8. The molecule has 1 unspecified atom stereocenters. The Kier molecular flexibility index (Phi) is 6.41. The van der Waals surface area contributed by atoms with Gasteiger partial charge in [0.2, 0.25) is 11.8 Å². The lowest BCUT2D eigenvalue weighted by Gasteiger charge is -2.35. The Hall–Kier alpha value is -1.14. The third kappa shape index (κ3) is 6.47. The van der Waals surface area contributed by atoms with Crippen LogP contribution in [-0.2, 0) is 14.3 Å². The van der Waals surface area contributed by atoms with E-state index in [4.69, 9.17) is 4.74 Å². The van der Waals surface area contributed by atoms with Gasteiger partial charge in [-0.05, 0) is 39.5 Å². The van der Waals surface area contributed by atoms with Gasteiger partial charge in [0, 0.05) is 51.4 Å². The quantitative estimate of drug-likeness (QED) is 0.833. The second-order valence-electron chi connectivity index (χ2n) is 7.74. The summed E-state index contributed by atoms with van der Waals surface area (Å²) in [6.45, 7) is 10.9. The highest BCUT2D eigenvalue weighted by molar-refractivity contribution is 5.79. The zero-order chi connectivity index (χ0) is 16.9. The van der Waals surface area contributed by atoms with Gasteiger partial charge in [0.25, 0.3) is 0 Å². The van der Waals surface area contributed by atoms with Gasteiger partial charge in [0.05, 0.1) is 6.54 Å². The van der Waals surface area contributed by atoms with Crippen LogP contribution in [0.25, 0.3) is 0 Å². The monoisotopic (exact) mass is 325 g/mol. The third-order valence-electron chi connectivity index (χ3n) is 4.32. The van der Waals surface area contributed by atoms with Crippen molar-refractivity contribution in [1.29, 1.82) is 0 Å². The molecule has 23 heavy (non-hydrogen) atoms. The second kappa shape index (κ2) is 8.11. The van der Waals surface area contributed by atoms with Gasteiger partial charge in [0.1, 0.15) is 0 Å². The Morgan fingerprint density at radius 1 is 1.17 bits per heavy atom. The van der Waals surface area contributed by atoms with E-state index in [1.807, 2.05) is 25.7 Å².